The monoisotopic (exact) mass is 316 g/mol. The fraction of sp³-hybridized carbons (Fsp3) is 0.312. The summed E-state index contributed by atoms with van der Waals surface area (Å²) in [7, 11) is 1.65. The van der Waals surface area contributed by atoms with Crippen molar-refractivity contribution < 1.29 is 0 Å². The van der Waals surface area contributed by atoms with Crippen LogP contribution < -0.4 is 11.3 Å². The van der Waals surface area contributed by atoms with Crippen molar-refractivity contribution in [2.24, 2.45) is 10.7 Å². The lowest BCUT2D eigenvalue weighted by Gasteiger charge is -2.10. The molecule has 0 unspecified atom stereocenters. The van der Waals surface area contributed by atoms with E-state index in [9.17, 15) is 4.79 Å². The van der Waals surface area contributed by atoms with Crippen LogP contribution in [0.15, 0.2) is 39.8 Å². The Balaban J connectivity index is 2.11. The standard InChI is InChI=1S/C16H17ClN4O/c1-19-8-10(7-18)9-21-15(22)13-6-12(11-2-3-11)4-5-14(13)20-16(21)17/h4-8,11H,2-3,9,18H2,1H3/b10-7+,19-8?. The average Bonchev–Trinajstić information content (AvgIpc) is 3.35. The molecule has 1 saturated carbocycles. The van der Waals surface area contributed by atoms with Crippen molar-refractivity contribution in [3.05, 3.63) is 51.2 Å². The summed E-state index contributed by atoms with van der Waals surface area (Å²) < 4.78 is 1.42. The predicted octanol–water partition coefficient (Wildman–Crippen LogP) is 2.47. The fourth-order valence-corrected chi connectivity index (χ4v) is 2.73. The van der Waals surface area contributed by atoms with Crippen LogP contribution in [0.25, 0.3) is 10.9 Å². The normalized spacial score (nSPS) is 15.8. The lowest BCUT2D eigenvalue weighted by Crippen LogP contribution is -2.24. The fourth-order valence-electron chi connectivity index (χ4n) is 2.50. The molecule has 0 amide bonds. The topological polar surface area (TPSA) is 73.3 Å². The van der Waals surface area contributed by atoms with Crippen LogP contribution >= 0.6 is 11.6 Å². The van der Waals surface area contributed by atoms with Gasteiger partial charge in [0.05, 0.1) is 17.4 Å². The van der Waals surface area contributed by atoms with Gasteiger partial charge in [0.1, 0.15) is 0 Å². The quantitative estimate of drug-likeness (QED) is 0.695. The third-order valence-electron chi connectivity index (χ3n) is 3.83. The Morgan fingerprint density at radius 2 is 2.32 bits per heavy atom. The molecule has 0 atom stereocenters. The molecule has 0 radical (unpaired) electrons. The van der Waals surface area contributed by atoms with Crippen LogP contribution in [0.1, 0.15) is 24.3 Å². The molecule has 3 rings (SSSR count). The van der Waals surface area contributed by atoms with Gasteiger partial charge in [0, 0.05) is 25.0 Å². The van der Waals surface area contributed by atoms with E-state index in [-0.39, 0.29) is 17.4 Å². The summed E-state index contributed by atoms with van der Waals surface area (Å²) in [5.41, 5.74) is 7.93. The van der Waals surface area contributed by atoms with Gasteiger partial charge in [-0.2, -0.15) is 0 Å². The zero-order valence-corrected chi connectivity index (χ0v) is 13.0. The van der Waals surface area contributed by atoms with Crippen molar-refractivity contribution in [3.63, 3.8) is 0 Å². The predicted molar refractivity (Wildman–Crippen MR) is 89.7 cm³/mol. The van der Waals surface area contributed by atoms with Gasteiger partial charge in [0.15, 0.2) is 0 Å². The van der Waals surface area contributed by atoms with Crippen LogP contribution in [-0.4, -0.2) is 22.8 Å². The average molecular weight is 317 g/mol. The molecule has 0 aliphatic heterocycles. The van der Waals surface area contributed by atoms with Crippen LogP contribution in [0.5, 0.6) is 0 Å². The summed E-state index contributed by atoms with van der Waals surface area (Å²) in [6, 6.07) is 5.84. The van der Waals surface area contributed by atoms with E-state index in [1.54, 1.807) is 13.3 Å². The Bertz CT molecular complexity index is 834. The third kappa shape index (κ3) is 2.76. The van der Waals surface area contributed by atoms with E-state index < -0.39 is 0 Å². The summed E-state index contributed by atoms with van der Waals surface area (Å²) in [4.78, 5) is 21.0. The van der Waals surface area contributed by atoms with E-state index in [1.807, 2.05) is 18.2 Å². The molecule has 1 heterocycles. The number of nitrogens with two attached hydrogens (primary N) is 1. The molecule has 0 bridgehead atoms. The van der Waals surface area contributed by atoms with Crippen LogP contribution in [0.2, 0.25) is 5.28 Å². The first-order valence-electron chi connectivity index (χ1n) is 7.17. The Morgan fingerprint density at radius 3 is 2.95 bits per heavy atom. The molecule has 1 aromatic heterocycles. The van der Waals surface area contributed by atoms with Gasteiger partial charge < -0.3 is 5.73 Å². The lowest BCUT2D eigenvalue weighted by atomic mass is 10.1. The second-order valence-corrected chi connectivity index (χ2v) is 5.79. The first-order chi connectivity index (χ1) is 10.6. The summed E-state index contributed by atoms with van der Waals surface area (Å²) in [5, 5.41) is 0.749. The summed E-state index contributed by atoms with van der Waals surface area (Å²) in [5.74, 6) is 0.583. The Labute approximate surface area is 133 Å². The van der Waals surface area contributed by atoms with E-state index >= 15 is 0 Å². The number of halogens is 1. The molecule has 0 saturated heterocycles. The Kier molecular flexibility index (Phi) is 3.98. The van der Waals surface area contributed by atoms with Gasteiger partial charge in [-0.15, -0.1) is 0 Å². The van der Waals surface area contributed by atoms with Gasteiger partial charge >= 0.3 is 0 Å². The third-order valence-corrected chi connectivity index (χ3v) is 4.12. The maximum Gasteiger partial charge on any atom is 0.262 e. The van der Waals surface area contributed by atoms with Gasteiger partial charge in [-0.3, -0.25) is 14.4 Å². The summed E-state index contributed by atoms with van der Waals surface area (Å²) in [6.45, 7) is 0.252. The minimum Gasteiger partial charge on any atom is -0.404 e. The second kappa shape index (κ2) is 5.93. The number of fused-ring (bicyclic) bond motifs is 1. The summed E-state index contributed by atoms with van der Waals surface area (Å²) in [6.07, 6.45) is 5.40. The maximum atomic E-state index is 12.7. The zero-order valence-electron chi connectivity index (χ0n) is 12.3. The molecule has 1 fully saturated rings. The Morgan fingerprint density at radius 1 is 1.55 bits per heavy atom. The van der Waals surface area contributed by atoms with E-state index in [0.717, 1.165) is 0 Å². The highest BCUT2D eigenvalue weighted by Gasteiger charge is 2.24. The molecule has 2 aromatic rings. The number of hydrogen-bond acceptors (Lipinski definition) is 4. The largest absolute Gasteiger partial charge is 0.404 e. The molecule has 2 N–H and O–H groups in total. The molecular weight excluding hydrogens is 300 g/mol. The van der Waals surface area contributed by atoms with Crippen molar-refractivity contribution in [1.82, 2.24) is 9.55 Å². The molecule has 5 nitrogen and oxygen atoms in total. The van der Waals surface area contributed by atoms with Crippen molar-refractivity contribution in [3.8, 4) is 0 Å². The number of benzene rings is 1. The molecular formula is C16H17ClN4O. The molecule has 22 heavy (non-hydrogen) atoms. The number of nitrogens with zero attached hydrogens (tertiary/aromatic N) is 3. The number of hydrogen-bond donors (Lipinski definition) is 1. The minimum absolute atomic E-state index is 0.152. The molecule has 114 valence electrons. The van der Waals surface area contributed by atoms with Gasteiger partial charge in [0.25, 0.3) is 5.56 Å². The lowest BCUT2D eigenvalue weighted by molar-refractivity contribution is 0.754. The number of rotatable bonds is 4. The van der Waals surface area contributed by atoms with Crippen LogP contribution in [0, 0.1) is 0 Å². The second-order valence-electron chi connectivity index (χ2n) is 5.45. The molecule has 1 aromatic carbocycles. The highest BCUT2D eigenvalue weighted by molar-refractivity contribution is 6.28. The van der Waals surface area contributed by atoms with Gasteiger partial charge in [-0.1, -0.05) is 6.07 Å². The number of aliphatic imine (C=N–C) groups is 1. The van der Waals surface area contributed by atoms with Gasteiger partial charge in [0.2, 0.25) is 5.28 Å². The van der Waals surface area contributed by atoms with Crippen molar-refractivity contribution in [2.75, 3.05) is 7.05 Å². The van der Waals surface area contributed by atoms with Crippen molar-refractivity contribution >= 4 is 28.7 Å². The van der Waals surface area contributed by atoms with Crippen LogP contribution in [0.4, 0.5) is 0 Å². The van der Waals surface area contributed by atoms with Gasteiger partial charge in [-0.25, -0.2) is 4.98 Å². The maximum absolute atomic E-state index is 12.7. The van der Waals surface area contributed by atoms with E-state index in [2.05, 4.69) is 9.98 Å². The number of allylic oxidation sites excluding steroid dienone is 1. The molecule has 0 spiro atoms. The molecule has 6 heteroatoms. The van der Waals surface area contributed by atoms with E-state index in [0.29, 0.717) is 22.4 Å². The van der Waals surface area contributed by atoms with Crippen molar-refractivity contribution in [1.29, 1.82) is 0 Å². The SMILES string of the molecule is CN=C/C(=C\N)Cn1c(Cl)nc2ccc(C3CC3)cc2c1=O. The van der Waals surface area contributed by atoms with Crippen LogP contribution in [0.3, 0.4) is 0 Å². The highest BCUT2D eigenvalue weighted by Crippen LogP contribution is 2.40. The van der Waals surface area contributed by atoms with Crippen molar-refractivity contribution in [2.45, 2.75) is 25.3 Å². The van der Waals surface area contributed by atoms with E-state index in [1.165, 1.54) is 29.2 Å². The summed E-state index contributed by atoms with van der Waals surface area (Å²) >= 11 is 6.16. The Hall–Kier alpha value is -2.14. The molecule has 1 aliphatic carbocycles. The van der Waals surface area contributed by atoms with E-state index in [4.69, 9.17) is 17.3 Å². The highest BCUT2D eigenvalue weighted by atomic mass is 35.5. The zero-order chi connectivity index (χ0) is 15.7. The molecule has 1 aliphatic rings. The first kappa shape index (κ1) is 14.8. The van der Waals surface area contributed by atoms with Crippen LogP contribution in [-0.2, 0) is 6.54 Å². The number of aromatic nitrogens is 2. The smallest absolute Gasteiger partial charge is 0.262 e. The minimum atomic E-state index is -0.152. The van der Waals surface area contributed by atoms with Gasteiger partial charge in [-0.05, 0) is 48.1 Å². The first-order valence-corrected chi connectivity index (χ1v) is 7.54.